The van der Waals surface area contributed by atoms with Crippen LogP contribution in [0.5, 0.6) is 5.75 Å². The van der Waals surface area contributed by atoms with Crippen LogP contribution in [0.3, 0.4) is 0 Å². The summed E-state index contributed by atoms with van der Waals surface area (Å²) in [5.41, 5.74) is 2.01. The Hall–Kier alpha value is -3.20. The summed E-state index contributed by atoms with van der Waals surface area (Å²) >= 11 is 0. The van der Waals surface area contributed by atoms with E-state index in [1.807, 2.05) is 0 Å². The predicted molar refractivity (Wildman–Crippen MR) is 120 cm³/mol. The number of nitrogens with one attached hydrogen (secondary N) is 2. The molecule has 2 fully saturated rings. The Morgan fingerprint density at radius 3 is 2.72 bits per heavy atom. The normalized spacial score (nSPS) is 25.8. The van der Waals surface area contributed by atoms with Crippen molar-refractivity contribution < 1.29 is 19.8 Å². The highest BCUT2D eigenvalue weighted by atomic mass is 16.3. The van der Waals surface area contributed by atoms with Crippen LogP contribution in [0.15, 0.2) is 34.2 Å². The van der Waals surface area contributed by atoms with E-state index in [1.54, 1.807) is 38.1 Å². The fourth-order valence-electron chi connectivity index (χ4n) is 5.03. The number of aromatic nitrogens is 1. The lowest BCUT2D eigenvalue weighted by Gasteiger charge is -2.42. The van der Waals surface area contributed by atoms with Gasteiger partial charge in [-0.15, -0.1) is 0 Å². The quantitative estimate of drug-likeness (QED) is 0.422. The van der Waals surface area contributed by atoms with Gasteiger partial charge in [-0.25, -0.2) is 5.43 Å². The van der Waals surface area contributed by atoms with Crippen molar-refractivity contribution >= 4 is 28.4 Å². The minimum Gasteiger partial charge on any atom is -0.506 e. The van der Waals surface area contributed by atoms with E-state index in [0.717, 1.165) is 25.7 Å². The largest absolute Gasteiger partial charge is 0.506 e. The zero-order valence-corrected chi connectivity index (χ0v) is 18.2. The summed E-state index contributed by atoms with van der Waals surface area (Å²) in [6.45, 7) is 3.65. The third kappa shape index (κ3) is 3.66. The molecule has 170 valence electrons. The van der Waals surface area contributed by atoms with Gasteiger partial charge in [0.25, 0.3) is 11.5 Å². The molecule has 2 aliphatic rings. The Labute approximate surface area is 185 Å². The molecule has 1 aliphatic carbocycles. The first-order valence-electron chi connectivity index (χ1n) is 11.0. The Kier molecular flexibility index (Phi) is 6.01. The molecule has 4 rings (SSSR count). The van der Waals surface area contributed by atoms with Crippen LogP contribution in [0.25, 0.3) is 10.9 Å². The average molecular weight is 441 g/mol. The summed E-state index contributed by atoms with van der Waals surface area (Å²) in [4.78, 5) is 38.3. The summed E-state index contributed by atoms with van der Waals surface area (Å²) in [5, 5.41) is 28.8. The fourth-order valence-corrected chi connectivity index (χ4v) is 5.03. The SMILES string of the molecule is CCn1c(=O)c(C(=O)N/N=C(/C)C2C(=O)NC3CCCCC3C2O)c(O)c2ccccc21. The maximum atomic E-state index is 12.9. The van der Waals surface area contributed by atoms with Crippen molar-refractivity contribution in [3.05, 3.63) is 40.2 Å². The number of amides is 2. The smallest absolute Gasteiger partial charge is 0.280 e. The second kappa shape index (κ2) is 8.74. The van der Waals surface area contributed by atoms with E-state index in [4.69, 9.17) is 0 Å². The third-order valence-electron chi connectivity index (χ3n) is 6.68. The van der Waals surface area contributed by atoms with Crippen LogP contribution in [0.2, 0.25) is 0 Å². The first kappa shape index (κ1) is 22.0. The molecule has 1 aliphatic heterocycles. The van der Waals surface area contributed by atoms with E-state index in [2.05, 4.69) is 15.8 Å². The molecule has 1 aromatic heterocycles. The van der Waals surface area contributed by atoms with Gasteiger partial charge in [0, 0.05) is 23.9 Å². The lowest BCUT2D eigenvalue weighted by atomic mass is 9.72. The molecule has 1 saturated carbocycles. The lowest BCUT2D eigenvalue weighted by molar-refractivity contribution is -0.134. The van der Waals surface area contributed by atoms with Gasteiger partial charge in [0.15, 0.2) is 0 Å². The van der Waals surface area contributed by atoms with Crippen molar-refractivity contribution in [1.29, 1.82) is 0 Å². The number of fused-ring (bicyclic) bond motifs is 2. The Morgan fingerprint density at radius 1 is 1.25 bits per heavy atom. The van der Waals surface area contributed by atoms with Crippen LogP contribution in [0, 0.1) is 11.8 Å². The maximum Gasteiger partial charge on any atom is 0.280 e. The molecule has 4 N–H and O–H groups in total. The number of aliphatic hydroxyl groups excluding tert-OH is 1. The van der Waals surface area contributed by atoms with E-state index < -0.39 is 34.8 Å². The molecule has 4 atom stereocenters. The van der Waals surface area contributed by atoms with Crippen LogP contribution in [-0.2, 0) is 11.3 Å². The monoisotopic (exact) mass is 440 g/mol. The molecule has 4 unspecified atom stereocenters. The van der Waals surface area contributed by atoms with Crippen molar-refractivity contribution in [2.75, 3.05) is 0 Å². The molecule has 0 spiro atoms. The number of benzene rings is 1. The van der Waals surface area contributed by atoms with Crippen molar-refractivity contribution in [2.45, 2.75) is 58.2 Å². The number of hydrogen-bond acceptors (Lipinski definition) is 6. The Balaban J connectivity index is 1.61. The van der Waals surface area contributed by atoms with Gasteiger partial charge in [-0.05, 0) is 38.8 Å². The third-order valence-corrected chi connectivity index (χ3v) is 6.68. The highest BCUT2D eigenvalue weighted by molar-refractivity contribution is 6.06. The van der Waals surface area contributed by atoms with Crippen molar-refractivity contribution in [3.63, 3.8) is 0 Å². The van der Waals surface area contributed by atoms with E-state index in [1.165, 1.54) is 4.57 Å². The minimum atomic E-state index is -0.888. The van der Waals surface area contributed by atoms with Crippen LogP contribution in [0.4, 0.5) is 0 Å². The Bertz CT molecular complexity index is 1160. The molecule has 9 nitrogen and oxygen atoms in total. The molecule has 1 aromatic carbocycles. The molecule has 2 amide bonds. The topological polar surface area (TPSA) is 133 Å². The van der Waals surface area contributed by atoms with Gasteiger partial charge in [-0.1, -0.05) is 25.0 Å². The van der Waals surface area contributed by atoms with Crippen LogP contribution < -0.4 is 16.3 Å². The molecule has 1 saturated heterocycles. The highest BCUT2D eigenvalue weighted by Gasteiger charge is 2.45. The van der Waals surface area contributed by atoms with Crippen LogP contribution in [-0.4, -0.2) is 44.5 Å². The fraction of sp³-hybridized carbons (Fsp3) is 0.478. The molecular weight excluding hydrogens is 412 g/mol. The van der Waals surface area contributed by atoms with E-state index in [-0.39, 0.29) is 23.6 Å². The number of aromatic hydroxyl groups is 1. The zero-order chi connectivity index (χ0) is 23.0. The molecule has 2 aromatic rings. The lowest BCUT2D eigenvalue weighted by Crippen LogP contribution is -2.59. The number of piperidine rings is 1. The summed E-state index contributed by atoms with van der Waals surface area (Å²) in [6.07, 6.45) is 2.80. The predicted octanol–water partition coefficient (Wildman–Crippen LogP) is 1.50. The minimum absolute atomic E-state index is 0.0352. The van der Waals surface area contributed by atoms with E-state index in [0.29, 0.717) is 17.4 Å². The number of pyridine rings is 1. The molecule has 0 radical (unpaired) electrons. The molecule has 32 heavy (non-hydrogen) atoms. The van der Waals surface area contributed by atoms with Crippen LogP contribution >= 0.6 is 0 Å². The molecule has 9 heteroatoms. The zero-order valence-electron chi connectivity index (χ0n) is 18.2. The van der Waals surface area contributed by atoms with E-state index >= 15 is 0 Å². The number of carbonyl (C=O) groups excluding carboxylic acids is 2. The molecular formula is C23H28N4O5. The summed E-state index contributed by atoms with van der Waals surface area (Å²) in [5.74, 6) is -2.54. The highest BCUT2D eigenvalue weighted by Crippen LogP contribution is 2.34. The molecule has 0 bridgehead atoms. The van der Waals surface area contributed by atoms with Gasteiger partial charge >= 0.3 is 0 Å². The number of aliphatic hydroxyl groups is 1. The Morgan fingerprint density at radius 2 is 1.97 bits per heavy atom. The van der Waals surface area contributed by atoms with E-state index in [9.17, 15) is 24.6 Å². The maximum absolute atomic E-state index is 12.9. The second-order valence-corrected chi connectivity index (χ2v) is 8.52. The second-order valence-electron chi connectivity index (χ2n) is 8.52. The number of para-hydroxylation sites is 1. The van der Waals surface area contributed by atoms with Crippen LogP contribution in [0.1, 0.15) is 49.9 Å². The number of carbonyl (C=O) groups is 2. The number of rotatable bonds is 4. The standard InChI is InChI=1S/C23H28N4O5/c1-3-27-16-11-7-5-9-14(16)20(29)18(23(27)32)22(31)26-25-12(2)17-19(28)13-8-4-6-10-15(13)24-21(17)30/h5,7,9,11,13,15,17,19,28-29H,3-4,6,8,10H2,1-2H3,(H,24,30)(H,26,31)/b25-12-. The number of aryl methyl sites for hydroxylation is 1. The van der Waals surface area contributed by atoms with Gasteiger partial charge < -0.3 is 20.1 Å². The van der Waals surface area contributed by atoms with Gasteiger partial charge in [-0.3, -0.25) is 14.4 Å². The summed E-state index contributed by atoms with van der Waals surface area (Å²) in [6, 6.07) is 6.75. The molecule has 2 heterocycles. The van der Waals surface area contributed by atoms with Gasteiger partial charge in [0.2, 0.25) is 5.91 Å². The number of hydrogen-bond donors (Lipinski definition) is 4. The average Bonchev–Trinajstić information content (AvgIpc) is 2.78. The van der Waals surface area contributed by atoms with Crippen molar-refractivity contribution in [3.8, 4) is 5.75 Å². The number of nitrogens with zero attached hydrogens (tertiary/aromatic N) is 2. The first-order chi connectivity index (χ1) is 15.3. The number of hydrazone groups is 1. The van der Waals surface area contributed by atoms with Crippen molar-refractivity contribution in [1.82, 2.24) is 15.3 Å². The van der Waals surface area contributed by atoms with Gasteiger partial charge in [0.1, 0.15) is 17.2 Å². The summed E-state index contributed by atoms with van der Waals surface area (Å²) in [7, 11) is 0. The summed E-state index contributed by atoms with van der Waals surface area (Å²) < 4.78 is 1.40. The van der Waals surface area contributed by atoms with Gasteiger partial charge in [0.05, 0.1) is 17.3 Å². The van der Waals surface area contributed by atoms with Gasteiger partial charge in [-0.2, -0.15) is 5.10 Å². The van der Waals surface area contributed by atoms with Crippen molar-refractivity contribution in [2.24, 2.45) is 16.9 Å². The first-order valence-corrected chi connectivity index (χ1v) is 11.0.